The van der Waals surface area contributed by atoms with Gasteiger partial charge in [-0.2, -0.15) is 0 Å². The molecule has 0 saturated carbocycles. The maximum absolute atomic E-state index is 15.6. The first-order valence-corrected chi connectivity index (χ1v) is 22.0. The number of fused-ring (bicyclic) bond motifs is 11. The van der Waals surface area contributed by atoms with E-state index >= 15 is 9.59 Å². The van der Waals surface area contributed by atoms with Crippen LogP contribution in [0.2, 0.25) is 0 Å². The quantitative estimate of drug-likeness (QED) is 0.0975. The van der Waals surface area contributed by atoms with E-state index in [1.807, 2.05) is 48.5 Å². The summed E-state index contributed by atoms with van der Waals surface area (Å²) in [5, 5.41) is 6.30. The topological polar surface area (TPSA) is 95.5 Å². The maximum atomic E-state index is 15.6. The molecular weight excluding hydrogens is 833 g/mol. The average Bonchev–Trinajstić information content (AvgIpc) is 4.14. The Morgan fingerprint density at radius 2 is 0.657 bits per heavy atom. The summed E-state index contributed by atoms with van der Waals surface area (Å²) >= 11 is 0. The third-order valence-electron chi connectivity index (χ3n) is 13.6. The van der Waals surface area contributed by atoms with Gasteiger partial charge in [0.25, 0.3) is 11.8 Å². The standard InChI is InChI=1S/C58H32N4O5/c63-55-42-27-25-33(34-26-28-43-45(30-34)58(66)67-57(43)65)29-44(42)56(64)62(55)54-52(60-48-21-9-3-15-38(48)39-16-4-10-22-49(39)60)31-35(59-46-19-7-1-13-36(46)37-14-2-8-20-47(37)59)32-53(54)61-50-23-11-5-17-40(50)41-18-6-12-24-51(41)61/h1-32H. The molecule has 0 aliphatic carbocycles. The lowest BCUT2D eigenvalue weighted by Crippen LogP contribution is -2.32. The highest BCUT2D eigenvalue weighted by Gasteiger charge is 2.41. The normalized spacial score (nSPS) is 13.6. The molecule has 9 aromatic carbocycles. The Morgan fingerprint density at radius 3 is 1.09 bits per heavy atom. The number of esters is 2. The molecule has 0 spiro atoms. The highest BCUT2D eigenvalue weighted by Crippen LogP contribution is 2.47. The fraction of sp³-hybridized carbons (Fsp3) is 0. The Balaban J connectivity index is 1.12. The van der Waals surface area contributed by atoms with Crippen molar-refractivity contribution in [2.45, 2.75) is 0 Å². The van der Waals surface area contributed by atoms with Crippen LogP contribution in [-0.2, 0) is 4.74 Å². The van der Waals surface area contributed by atoms with E-state index in [0.29, 0.717) is 28.2 Å². The van der Waals surface area contributed by atoms with Gasteiger partial charge in [0.1, 0.15) is 5.69 Å². The summed E-state index contributed by atoms with van der Waals surface area (Å²) in [7, 11) is 0. The van der Waals surface area contributed by atoms with Gasteiger partial charge in [-0.25, -0.2) is 14.5 Å². The van der Waals surface area contributed by atoms with Crippen LogP contribution in [0.4, 0.5) is 5.69 Å². The van der Waals surface area contributed by atoms with Crippen LogP contribution in [0, 0.1) is 0 Å². The molecule has 2 amide bonds. The van der Waals surface area contributed by atoms with Crippen molar-refractivity contribution in [1.82, 2.24) is 13.7 Å². The summed E-state index contributed by atoms with van der Waals surface area (Å²) < 4.78 is 11.5. The summed E-state index contributed by atoms with van der Waals surface area (Å²) in [5.41, 5.74) is 10.2. The zero-order valence-electron chi connectivity index (χ0n) is 35.3. The van der Waals surface area contributed by atoms with Crippen LogP contribution in [0.1, 0.15) is 41.4 Å². The van der Waals surface area contributed by atoms with Gasteiger partial charge in [0.15, 0.2) is 0 Å². The van der Waals surface area contributed by atoms with Crippen molar-refractivity contribution < 1.29 is 23.9 Å². The Hall–Kier alpha value is -9.34. The molecule has 0 bridgehead atoms. The van der Waals surface area contributed by atoms with Gasteiger partial charge in [0, 0.05) is 32.3 Å². The molecule has 5 heterocycles. The van der Waals surface area contributed by atoms with Crippen molar-refractivity contribution in [2.24, 2.45) is 0 Å². The maximum Gasteiger partial charge on any atom is 0.346 e. The van der Waals surface area contributed by atoms with Gasteiger partial charge in [-0.1, -0.05) is 121 Å². The van der Waals surface area contributed by atoms with Crippen molar-refractivity contribution in [2.75, 3.05) is 4.90 Å². The van der Waals surface area contributed by atoms with E-state index in [-0.39, 0.29) is 22.3 Å². The lowest BCUT2D eigenvalue weighted by atomic mass is 9.97. The van der Waals surface area contributed by atoms with Crippen LogP contribution in [0.25, 0.3) is 93.6 Å². The number of carbonyl (C=O) groups excluding carboxylic acids is 4. The molecule has 0 fully saturated rings. The van der Waals surface area contributed by atoms with Gasteiger partial charge in [0.2, 0.25) is 0 Å². The number of cyclic esters (lactones) is 2. The highest BCUT2D eigenvalue weighted by molar-refractivity contribution is 6.36. The lowest BCUT2D eigenvalue weighted by Gasteiger charge is -2.26. The molecule has 67 heavy (non-hydrogen) atoms. The first kappa shape index (κ1) is 37.1. The summed E-state index contributed by atoms with van der Waals surface area (Å²) in [4.78, 5) is 57.3. The van der Waals surface area contributed by atoms with Crippen molar-refractivity contribution >= 4 is 94.9 Å². The molecule has 2 aliphatic heterocycles. The van der Waals surface area contributed by atoms with Crippen molar-refractivity contribution in [1.29, 1.82) is 0 Å². The number of benzene rings is 9. The van der Waals surface area contributed by atoms with Gasteiger partial charge >= 0.3 is 11.9 Å². The predicted octanol–water partition coefficient (Wildman–Crippen LogP) is 12.8. The van der Waals surface area contributed by atoms with E-state index in [4.69, 9.17) is 4.74 Å². The number of hydrogen-bond donors (Lipinski definition) is 0. The van der Waals surface area contributed by atoms with Gasteiger partial charge < -0.3 is 18.4 Å². The second-order valence-corrected chi connectivity index (χ2v) is 17.1. The molecule has 0 atom stereocenters. The SMILES string of the molecule is O=C1OC(=O)c2cc(-c3ccc4c(c3)C(=O)N(c3c(-n5c6ccccc6c6ccccc65)cc(-n5c6ccccc6c6ccccc65)cc3-n3c5ccccc5c5ccccc53)C4=O)ccc21. The molecule has 314 valence electrons. The number of nitrogens with zero attached hydrogens (tertiary/aromatic N) is 4. The molecule has 14 rings (SSSR count). The molecule has 0 radical (unpaired) electrons. The second-order valence-electron chi connectivity index (χ2n) is 17.1. The van der Waals surface area contributed by atoms with Crippen molar-refractivity contribution in [3.63, 3.8) is 0 Å². The Kier molecular flexibility index (Phi) is 7.52. The minimum Gasteiger partial charge on any atom is -0.386 e. The van der Waals surface area contributed by atoms with Crippen LogP contribution < -0.4 is 4.90 Å². The predicted molar refractivity (Wildman–Crippen MR) is 262 cm³/mol. The third-order valence-corrected chi connectivity index (χ3v) is 13.6. The Bertz CT molecular complexity index is 3950. The van der Waals surface area contributed by atoms with E-state index in [2.05, 4.69) is 123 Å². The smallest absolute Gasteiger partial charge is 0.346 e. The highest BCUT2D eigenvalue weighted by atomic mass is 16.6. The Labute approximate surface area is 380 Å². The number of anilines is 1. The summed E-state index contributed by atoms with van der Waals surface area (Å²) in [6, 6.07) is 64.0. The zero-order valence-corrected chi connectivity index (χ0v) is 35.3. The minimum absolute atomic E-state index is 0.155. The van der Waals surface area contributed by atoms with Gasteiger partial charge in [-0.15, -0.1) is 0 Å². The molecule has 9 heteroatoms. The summed E-state index contributed by atoms with van der Waals surface area (Å²) in [6.07, 6.45) is 0. The van der Waals surface area contributed by atoms with Crippen LogP contribution in [0.15, 0.2) is 194 Å². The molecular formula is C58H32N4O5. The molecule has 12 aromatic rings. The molecule has 9 nitrogen and oxygen atoms in total. The van der Waals surface area contributed by atoms with Gasteiger partial charge in [-0.3, -0.25) is 9.59 Å². The lowest BCUT2D eigenvalue weighted by molar-refractivity contribution is 0.0443. The fourth-order valence-corrected chi connectivity index (χ4v) is 10.7. The average molecular weight is 865 g/mol. The zero-order chi connectivity index (χ0) is 44.7. The number of hydrogen-bond acceptors (Lipinski definition) is 5. The number of aromatic nitrogens is 3. The number of carbonyl (C=O) groups is 4. The summed E-state index contributed by atoms with van der Waals surface area (Å²) in [6.45, 7) is 0. The van der Waals surface area contributed by atoms with Crippen molar-refractivity contribution in [3.05, 3.63) is 216 Å². The van der Waals surface area contributed by atoms with E-state index < -0.39 is 23.8 Å². The number of rotatable bonds is 5. The van der Waals surface area contributed by atoms with E-state index in [9.17, 15) is 9.59 Å². The minimum atomic E-state index is -0.722. The van der Waals surface area contributed by atoms with Gasteiger partial charge in [-0.05, 0) is 83.9 Å². The number of ether oxygens (including phenoxy) is 1. The van der Waals surface area contributed by atoms with E-state index in [1.165, 1.54) is 4.90 Å². The molecule has 0 unspecified atom stereocenters. The van der Waals surface area contributed by atoms with E-state index in [1.54, 1.807) is 36.4 Å². The number of para-hydroxylation sites is 6. The van der Waals surface area contributed by atoms with Crippen molar-refractivity contribution in [3.8, 4) is 28.2 Å². The second kappa shape index (κ2) is 13.6. The van der Waals surface area contributed by atoms with Crippen LogP contribution in [-0.4, -0.2) is 37.5 Å². The number of amides is 2. The molecule has 0 N–H and O–H groups in total. The molecule has 3 aromatic heterocycles. The fourth-order valence-electron chi connectivity index (χ4n) is 10.7. The van der Waals surface area contributed by atoms with Crippen LogP contribution >= 0.6 is 0 Å². The monoisotopic (exact) mass is 864 g/mol. The molecule has 0 saturated heterocycles. The van der Waals surface area contributed by atoms with Crippen LogP contribution in [0.3, 0.4) is 0 Å². The largest absolute Gasteiger partial charge is 0.386 e. The third kappa shape index (κ3) is 5.07. The van der Waals surface area contributed by atoms with E-state index in [0.717, 1.165) is 71.1 Å². The molecule has 2 aliphatic rings. The first-order chi connectivity index (χ1) is 32.9. The van der Waals surface area contributed by atoms with Crippen LogP contribution in [0.5, 0.6) is 0 Å². The summed E-state index contributed by atoms with van der Waals surface area (Å²) in [5.74, 6) is -2.38. The number of imide groups is 1. The van der Waals surface area contributed by atoms with Gasteiger partial charge in [0.05, 0.1) is 72.4 Å². The Morgan fingerprint density at radius 1 is 0.313 bits per heavy atom. The first-order valence-electron chi connectivity index (χ1n) is 22.0.